The van der Waals surface area contributed by atoms with Crippen molar-refractivity contribution in [1.82, 2.24) is 0 Å². The maximum atomic E-state index is 11.8. The number of primary sulfonamides is 1. The van der Waals surface area contributed by atoms with Crippen LogP contribution in [0.1, 0.15) is 5.56 Å². The summed E-state index contributed by atoms with van der Waals surface area (Å²) in [6.45, 7) is 0. The third kappa shape index (κ3) is 4.02. The molecule has 1 heterocycles. The smallest absolute Gasteiger partial charge is 0.297 e. The second kappa shape index (κ2) is 7.18. The number of rotatable bonds is 5. The standard InChI is InChI=1S/C15H13N3O7S3/c16-27(21,22)13-6-4-11(5-7-13)17-14(9-26-15(17)28(23,24)25)10-2-1-3-12(8-10)18(19)20/h1-9,15H,(H2,16,21,22)(H,23,24,25). The molecule has 3 N–H and O–H groups in total. The van der Waals surface area contributed by atoms with Crippen molar-refractivity contribution >= 4 is 49.0 Å². The first-order valence-electron chi connectivity index (χ1n) is 7.47. The van der Waals surface area contributed by atoms with Gasteiger partial charge in [0.2, 0.25) is 14.7 Å². The minimum Gasteiger partial charge on any atom is -0.312 e. The molecule has 0 bridgehead atoms. The highest BCUT2D eigenvalue weighted by Gasteiger charge is 2.38. The molecule has 1 aliphatic heterocycles. The normalized spacial score (nSPS) is 17.4. The molecular weight excluding hydrogens is 430 g/mol. The SMILES string of the molecule is NS(=O)(=O)c1ccc(N2C(c3cccc([N+](=O)[O-])c3)=CSC2S(=O)(=O)O)cc1. The van der Waals surface area contributed by atoms with Gasteiger partial charge in [0, 0.05) is 23.4 Å². The summed E-state index contributed by atoms with van der Waals surface area (Å²) in [6.07, 6.45) is 0. The number of hydrogen-bond donors (Lipinski definition) is 2. The van der Waals surface area contributed by atoms with Crippen molar-refractivity contribution in [2.75, 3.05) is 4.90 Å². The summed E-state index contributed by atoms with van der Waals surface area (Å²) in [4.78, 5) is 11.5. The Kier molecular flexibility index (Phi) is 5.20. The predicted molar refractivity (Wildman–Crippen MR) is 104 cm³/mol. The van der Waals surface area contributed by atoms with Gasteiger partial charge in [-0.25, -0.2) is 13.6 Å². The van der Waals surface area contributed by atoms with E-state index < -0.39 is 29.8 Å². The molecule has 0 aliphatic carbocycles. The fraction of sp³-hybridized carbons (Fsp3) is 0.0667. The first-order chi connectivity index (χ1) is 13.0. The largest absolute Gasteiger partial charge is 0.312 e. The third-order valence-electron chi connectivity index (χ3n) is 3.82. The van der Waals surface area contributed by atoms with E-state index in [2.05, 4.69) is 0 Å². The average molecular weight is 443 g/mol. The quantitative estimate of drug-likeness (QED) is 0.400. The lowest BCUT2D eigenvalue weighted by Gasteiger charge is -2.27. The van der Waals surface area contributed by atoms with Crippen LogP contribution in [0.4, 0.5) is 11.4 Å². The van der Waals surface area contributed by atoms with E-state index in [0.29, 0.717) is 11.3 Å². The number of sulfonamides is 1. The van der Waals surface area contributed by atoms with Crippen molar-refractivity contribution in [2.45, 2.75) is 9.60 Å². The van der Waals surface area contributed by atoms with Crippen LogP contribution in [-0.2, 0) is 20.1 Å². The minimum atomic E-state index is -4.55. The molecule has 2 aromatic carbocycles. The van der Waals surface area contributed by atoms with E-state index in [4.69, 9.17) is 5.14 Å². The molecular formula is C15H13N3O7S3. The zero-order chi connectivity index (χ0) is 20.7. The Morgan fingerprint density at radius 2 is 1.75 bits per heavy atom. The molecule has 1 aliphatic rings. The summed E-state index contributed by atoms with van der Waals surface area (Å²) in [6, 6.07) is 10.6. The van der Waals surface area contributed by atoms with Crippen LogP contribution in [0.3, 0.4) is 0 Å². The van der Waals surface area contributed by atoms with Crippen molar-refractivity contribution in [3.8, 4) is 0 Å². The number of anilines is 1. The van der Waals surface area contributed by atoms with E-state index >= 15 is 0 Å². The third-order valence-corrected chi connectivity index (χ3v) is 7.33. The number of thioether (sulfide) groups is 1. The Balaban J connectivity index is 2.10. The van der Waals surface area contributed by atoms with Crippen LogP contribution in [0.5, 0.6) is 0 Å². The van der Waals surface area contributed by atoms with E-state index in [1.54, 1.807) is 6.07 Å². The molecule has 3 rings (SSSR count). The van der Waals surface area contributed by atoms with E-state index in [1.807, 2.05) is 0 Å². The Morgan fingerprint density at radius 3 is 2.29 bits per heavy atom. The Morgan fingerprint density at radius 1 is 1.11 bits per heavy atom. The molecule has 13 heteroatoms. The maximum Gasteiger partial charge on any atom is 0.297 e. The first kappa shape index (κ1) is 20.3. The summed E-state index contributed by atoms with van der Waals surface area (Å²) in [5, 5.41) is 17.6. The van der Waals surface area contributed by atoms with E-state index in [0.717, 1.165) is 11.8 Å². The van der Waals surface area contributed by atoms with Gasteiger partial charge in [0.05, 0.1) is 15.5 Å². The lowest BCUT2D eigenvalue weighted by atomic mass is 10.1. The van der Waals surface area contributed by atoms with Crippen molar-refractivity contribution in [1.29, 1.82) is 0 Å². The number of nitro groups is 1. The zero-order valence-electron chi connectivity index (χ0n) is 13.9. The molecule has 0 radical (unpaired) electrons. The van der Waals surface area contributed by atoms with Gasteiger partial charge in [-0.2, -0.15) is 8.42 Å². The van der Waals surface area contributed by atoms with Crippen LogP contribution in [-0.4, -0.2) is 31.0 Å². The van der Waals surface area contributed by atoms with Crippen LogP contribution >= 0.6 is 11.8 Å². The fourth-order valence-electron chi connectivity index (χ4n) is 2.60. The number of nitrogens with zero attached hydrogens (tertiary/aromatic N) is 2. The van der Waals surface area contributed by atoms with Gasteiger partial charge in [0.1, 0.15) is 0 Å². The van der Waals surface area contributed by atoms with Gasteiger partial charge >= 0.3 is 0 Å². The molecule has 0 amide bonds. The van der Waals surface area contributed by atoms with E-state index in [1.165, 1.54) is 52.8 Å². The summed E-state index contributed by atoms with van der Waals surface area (Å²) in [5.41, 5.74) is 0.698. The lowest BCUT2D eigenvalue weighted by Crippen LogP contribution is -2.34. The average Bonchev–Trinajstić information content (AvgIpc) is 3.06. The van der Waals surface area contributed by atoms with Gasteiger partial charge in [-0.05, 0) is 29.7 Å². The Labute approximate surface area is 164 Å². The Hall–Kier alpha value is -2.45. The summed E-state index contributed by atoms with van der Waals surface area (Å²) >= 11 is 0.792. The molecule has 28 heavy (non-hydrogen) atoms. The van der Waals surface area contributed by atoms with Gasteiger partial charge in [-0.15, -0.1) is 0 Å². The molecule has 0 fully saturated rings. The first-order valence-corrected chi connectivity index (χ1v) is 11.5. The van der Waals surface area contributed by atoms with Crippen molar-refractivity contribution < 1.29 is 26.3 Å². The number of hydrogen-bond acceptors (Lipinski definition) is 8. The molecule has 10 nitrogen and oxygen atoms in total. The number of nitro benzene ring substituents is 1. The fourth-order valence-corrected chi connectivity index (χ4v) is 5.20. The van der Waals surface area contributed by atoms with Crippen LogP contribution in [0.25, 0.3) is 5.70 Å². The molecule has 0 spiro atoms. The van der Waals surface area contributed by atoms with Crippen LogP contribution in [0.2, 0.25) is 0 Å². The van der Waals surface area contributed by atoms with Gasteiger partial charge in [-0.1, -0.05) is 23.9 Å². The van der Waals surface area contributed by atoms with Crippen molar-refractivity contribution in [3.63, 3.8) is 0 Å². The second-order valence-corrected chi connectivity index (χ2v) is 9.97. The van der Waals surface area contributed by atoms with Gasteiger partial charge in [-0.3, -0.25) is 14.7 Å². The molecule has 0 saturated heterocycles. The zero-order valence-corrected chi connectivity index (χ0v) is 16.3. The molecule has 0 aromatic heterocycles. The number of non-ortho nitro benzene ring substituents is 1. The van der Waals surface area contributed by atoms with E-state index in [-0.39, 0.29) is 16.3 Å². The highest BCUT2D eigenvalue weighted by Crippen LogP contribution is 2.43. The summed E-state index contributed by atoms with van der Waals surface area (Å²) in [5.74, 6) is 0. The van der Waals surface area contributed by atoms with E-state index in [9.17, 15) is 31.5 Å². The topological polar surface area (TPSA) is 161 Å². The summed E-state index contributed by atoms with van der Waals surface area (Å²) < 4.78 is 54.7. The molecule has 148 valence electrons. The molecule has 2 aromatic rings. The molecule has 1 atom stereocenters. The number of nitrogens with two attached hydrogens (primary N) is 1. The number of benzene rings is 2. The van der Waals surface area contributed by atoms with Crippen LogP contribution in [0, 0.1) is 10.1 Å². The molecule has 0 saturated carbocycles. The van der Waals surface area contributed by atoms with Gasteiger partial charge in [0.15, 0.2) is 0 Å². The van der Waals surface area contributed by atoms with Crippen LogP contribution < -0.4 is 10.0 Å². The highest BCUT2D eigenvalue weighted by molar-refractivity contribution is 8.14. The second-order valence-electron chi connectivity index (χ2n) is 5.68. The van der Waals surface area contributed by atoms with Crippen molar-refractivity contribution in [2.24, 2.45) is 5.14 Å². The predicted octanol–water partition coefficient (Wildman–Crippen LogP) is 1.97. The maximum absolute atomic E-state index is 11.8. The van der Waals surface area contributed by atoms with Crippen molar-refractivity contribution in [3.05, 3.63) is 69.6 Å². The summed E-state index contributed by atoms with van der Waals surface area (Å²) in [7, 11) is -8.49. The minimum absolute atomic E-state index is 0.174. The van der Waals surface area contributed by atoms with Crippen LogP contribution in [0.15, 0.2) is 58.8 Å². The van der Waals surface area contributed by atoms with Gasteiger partial charge < -0.3 is 4.90 Å². The monoisotopic (exact) mass is 443 g/mol. The Bertz CT molecular complexity index is 1180. The van der Waals surface area contributed by atoms with Gasteiger partial charge in [0.25, 0.3) is 15.8 Å². The molecule has 1 unspecified atom stereocenters. The highest BCUT2D eigenvalue weighted by atomic mass is 32.3. The lowest BCUT2D eigenvalue weighted by molar-refractivity contribution is -0.384.